The number of aliphatic hydroxyl groups excluding tert-OH is 1. The topological polar surface area (TPSA) is 20.2 Å². The first-order valence-electron chi connectivity index (χ1n) is 3.69. The average molecular weight is 172 g/mol. The maximum Gasteiger partial charge on any atom is 0.151 e. The highest BCUT2D eigenvalue weighted by molar-refractivity contribution is 5.19. The van der Waals surface area contributed by atoms with Gasteiger partial charge in [-0.3, -0.25) is 0 Å². The van der Waals surface area contributed by atoms with Crippen LogP contribution in [0.1, 0.15) is 18.7 Å². The summed E-state index contributed by atoms with van der Waals surface area (Å²) in [6.07, 6.45) is -2.62. The van der Waals surface area contributed by atoms with Crippen LogP contribution in [-0.4, -0.2) is 11.2 Å². The minimum Gasteiger partial charge on any atom is -0.390 e. The van der Waals surface area contributed by atoms with E-state index in [0.29, 0.717) is 0 Å². The molecule has 0 heterocycles. The molecule has 0 saturated heterocycles. The van der Waals surface area contributed by atoms with Crippen LogP contribution in [0.5, 0.6) is 0 Å². The molecule has 0 aliphatic rings. The molecular formula is C9H10F2O. The van der Waals surface area contributed by atoms with Crippen molar-refractivity contribution in [3.05, 3.63) is 35.6 Å². The van der Waals surface area contributed by atoms with Gasteiger partial charge in [0.15, 0.2) is 6.17 Å². The summed E-state index contributed by atoms with van der Waals surface area (Å²) in [5.41, 5.74) is 0.171. The lowest BCUT2D eigenvalue weighted by Gasteiger charge is -2.10. The van der Waals surface area contributed by atoms with Gasteiger partial charge in [0.05, 0.1) is 6.10 Å². The van der Waals surface area contributed by atoms with Gasteiger partial charge < -0.3 is 5.11 Å². The number of hydrogen-bond acceptors (Lipinski definition) is 1. The highest BCUT2D eigenvalue weighted by Crippen LogP contribution is 2.21. The number of rotatable bonds is 2. The van der Waals surface area contributed by atoms with Crippen LogP contribution in [0.2, 0.25) is 0 Å². The van der Waals surface area contributed by atoms with E-state index in [2.05, 4.69) is 0 Å². The monoisotopic (exact) mass is 172 g/mol. The number of hydrogen-bond donors (Lipinski definition) is 1. The van der Waals surface area contributed by atoms with Crippen molar-refractivity contribution >= 4 is 0 Å². The van der Waals surface area contributed by atoms with Crippen LogP contribution in [0.15, 0.2) is 24.3 Å². The number of halogens is 2. The summed E-state index contributed by atoms with van der Waals surface area (Å²) >= 11 is 0. The fraction of sp³-hybridized carbons (Fsp3) is 0.333. The van der Waals surface area contributed by atoms with Crippen molar-refractivity contribution in [1.82, 2.24) is 0 Å². The smallest absolute Gasteiger partial charge is 0.151 e. The highest BCUT2D eigenvalue weighted by Gasteiger charge is 2.15. The number of benzene rings is 1. The van der Waals surface area contributed by atoms with E-state index in [4.69, 9.17) is 5.11 Å². The van der Waals surface area contributed by atoms with Gasteiger partial charge in [0, 0.05) is 0 Å². The molecule has 0 aromatic heterocycles. The van der Waals surface area contributed by atoms with E-state index in [-0.39, 0.29) is 5.56 Å². The Bertz CT molecular complexity index is 260. The average Bonchev–Trinajstić information content (AvgIpc) is 2.03. The Kier molecular flexibility index (Phi) is 2.76. The summed E-state index contributed by atoms with van der Waals surface area (Å²) in [7, 11) is 0. The standard InChI is InChI=1S/C9H10F2O/c1-6(12)9(11)7-3-2-4-8(10)5-7/h2-6,9,12H,1H3/t6-,9+/m0/s1. The summed E-state index contributed by atoms with van der Waals surface area (Å²) in [6.45, 7) is 1.33. The first-order chi connectivity index (χ1) is 5.61. The number of alkyl halides is 1. The third-order valence-corrected chi connectivity index (χ3v) is 1.59. The molecule has 0 aliphatic heterocycles. The normalized spacial score (nSPS) is 15.7. The van der Waals surface area contributed by atoms with E-state index in [9.17, 15) is 8.78 Å². The Balaban J connectivity index is 2.88. The van der Waals surface area contributed by atoms with Gasteiger partial charge in [-0.05, 0) is 24.6 Å². The van der Waals surface area contributed by atoms with Crippen LogP contribution in [0.25, 0.3) is 0 Å². The largest absolute Gasteiger partial charge is 0.390 e. The van der Waals surface area contributed by atoms with Gasteiger partial charge in [-0.15, -0.1) is 0 Å². The predicted octanol–water partition coefficient (Wildman–Crippen LogP) is 2.22. The summed E-state index contributed by atoms with van der Waals surface area (Å²) in [6, 6.07) is 5.18. The van der Waals surface area contributed by atoms with E-state index in [1.807, 2.05) is 0 Å². The van der Waals surface area contributed by atoms with Gasteiger partial charge in [0.1, 0.15) is 5.82 Å². The lowest BCUT2D eigenvalue weighted by Crippen LogP contribution is -2.09. The molecule has 0 unspecified atom stereocenters. The lowest BCUT2D eigenvalue weighted by atomic mass is 10.1. The molecule has 0 fully saturated rings. The zero-order valence-electron chi connectivity index (χ0n) is 6.67. The fourth-order valence-electron chi connectivity index (χ4n) is 0.957. The second-order valence-electron chi connectivity index (χ2n) is 2.70. The number of aliphatic hydroxyl groups is 1. The molecule has 66 valence electrons. The summed E-state index contributed by atoms with van der Waals surface area (Å²) in [4.78, 5) is 0. The van der Waals surface area contributed by atoms with Crippen molar-refractivity contribution in [1.29, 1.82) is 0 Å². The molecule has 0 bridgehead atoms. The second-order valence-corrected chi connectivity index (χ2v) is 2.70. The Morgan fingerprint density at radius 1 is 1.42 bits per heavy atom. The third kappa shape index (κ3) is 2.01. The minimum atomic E-state index is -1.51. The van der Waals surface area contributed by atoms with Crippen LogP contribution in [0, 0.1) is 5.82 Å². The molecule has 0 radical (unpaired) electrons. The zero-order chi connectivity index (χ0) is 9.14. The maximum atomic E-state index is 13.0. The maximum absolute atomic E-state index is 13.0. The first-order valence-corrected chi connectivity index (χ1v) is 3.69. The van der Waals surface area contributed by atoms with Crippen LogP contribution < -0.4 is 0 Å². The van der Waals surface area contributed by atoms with Crippen molar-refractivity contribution in [2.45, 2.75) is 19.2 Å². The highest BCUT2D eigenvalue weighted by atomic mass is 19.1. The lowest BCUT2D eigenvalue weighted by molar-refractivity contribution is 0.0931. The van der Waals surface area contributed by atoms with Crippen molar-refractivity contribution in [3.8, 4) is 0 Å². The summed E-state index contributed by atoms with van der Waals surface area (Å²) in [5, 5.41) is 8.87. The molecule has 1 nitrogen and oxygen atoms in total. The molecule has 3 heteroatoms. The van der Waals surface area contributed by atoms with E-state index in [1.165, 1.54) is 25.1 Å². The molecule has 1 aromatic rings. The van der Waals surface area contributed by atoms with Crippen LogP contribution >= 0.6 is 0 Å². The minimum absolute atomic E-state index is 0.171. The van der Waals surface area contributed by atoms with E-state index >= 15 is 0 Å². The van der Waals surface area contributed by atoms with Gasteiger partial charge in [-0.2, -0.15) is 0 Å². The molecular weight excluding hydrogens is 162 g/mol. The summed E-state index contributed by atoms with van der Waals surface area (Å²) < 4.78 is 25.6. The fourth-order valence-corrected chi connectivity index (χ4v) is 0.957. The van der Waals surface area contributed by atoms with Crippen LogP contribution in [0.4, 0.5) is 8.78 Å². The van der Waals surface area contributed by atoms with Gasteiger partial charge in [-0.1, -0.05) is 12.1 Å². The first kappa shape index (κ1) is 9.13. The SMILES string of the molecule is C[C@H](O)[C@@H](F)c1cccc(F)c1. The zero-order valence-corrected chi connectivity index (χ0v) is 6.67. The van der Waals surface area contributed by atoms with E-state index in [0.717, 1.165) is 6.07 Å². The van der Waals surface area contributed by atoms with Crippen molar-refractivity contribution in [3.63, 3.8) is 0 Å². The van der Waals surface area contributed by atoms with Gasteiger partial charge in [0.2, 0.25) is 0 Å². The van der Waals surface area contributed by atoms with E-state index < -0.39 is 18.1 Å². The molecule has 0 aliphatic carbocycles. The van der Waals surface area contributed by atoms with Crippen molar-refractivity contribution < 1.29 is 13.9 Å². The second kappa shape index (κ2) is 3.63. The Morgan fingerprint density at radius 2 is 2.08 bits per heavy atom. The Hall–Kier alpha value is -0.960. The molecule has 0 spiro atoms. The molecule has 1 aromatic carbocycles. The Morgan fingerprint density at radius 3 is 2.58 bits per heavy atom. The van der Waals surface area contributed by atoms with Crippen LogP contribution in [-0.2, 0) is 0 Å². The summed E-state index contributed by atoms with van der Waals surface area (Å²) in [5.74, 6) is -0.490. The van der Waals surface area contributed by atoms with E-state index in [1.54, 1.807) is 0 Å². The molecule has 0 amide bonds. The van der Waals surface area contributed by atoms with Gasteiger partial charge in [0.25, 0.3) is 0 Å². The molecule has 0 saturated carbocycles. The van der Waals surface area contributed by atoms with Gasteiger partial charge >= 0.3 is 0 Å². The predicted molar refractivity (Wildman–Crippen MR) is 41.9 cm³/mol. The van der Waals surface area contributed by atoms with Crippen molar-refractivity contribution in [2.24, 2.45) is 0 Å². The van der Waals surface area contributed by atoms with Gasteiger partial charge in [-0.25, -0.2) is 8.78 Å². The molecule has 1 rings (SSSR count). The quantitative estimate of drug-likeness (QED) is 0.725. The van der Waals surface area contributed by atoms with Crippen LogP contribution in [0.3, 0.4) is 0 Å². The van der Waals surface area contributed by atoms with Crippen molar-refractivity contribution in [2.75, 3.05) is 0 Å². The molecule has 2 atom stereocenters. The molecule has 12 heavy (non-hydrogen) atoms. The molecule has 1 N–H and O–H groups in total. The third-order valence-electron chi connectivity index (χ3n) is 1.59. The Labute approximate surface area is 69.7 Å².